The van der Waals surface area contributed by atoms with E-state index in [4.69, 9.17) is 9.47 Å². The fourth-order valence-corrected chi connectivity index (χ4v) is 4.11. The second kappa shape index (κ2) is 26.2. The highest BCUT2D eigenvalue weighted by molar-refractivity contribution is 6.05. The molecule has 0 aromatic heterocycles. The molecule has 49 heavy (non-hydrogen) atoms. The SMILES string of the molecule is C=C(C)C(=C)/C=C(\NC)NC(=O)CCNC(=O)CCOCCOCCNc1cccc(C(=O)N(C=O)C(CCC)C(=O)NC=O)c1C.CC. The highest BCUT2D eigenvalue weighted by Crippen LogP contribution is 2.21. The lowest BCUT2D eigenvalue weighted by Gasteiger charge is -2.25. The van der Waals surface area contributed by atoms with E-state index in [1.165, 1.54) is 0 Å². The monoisotopic (exact) mass is 686 g/mol. The summed E-state index contributed by atoms with van der Waals surface area (Å²) in [6, 6.07) is 3.89. The van der Waals surface area contributed by atoms with E-state index in [0.29, 0.717) is 55.2 Å². The van der Waals surface area contributed by atoms with Crippen LogP contribution in [0.5, 0.6) is 0 Å². The van der Waals surface area contributed by atoms with E-state index in [2.05, 4.69) is 34.4 Å². The number of nitrogens with zero attached hydrogens (tertiary/aromatic N) is 1. The molecule has 0 bridgehead atoms. The van der Waals surface area contributed by atoms with E-state index in [1.807, 2.05) is 26.1 Å². The van der Waals surface area contributed by atoms with Crippen LogP contribution in [0.2, 0.25) is 0 Å². The molecule has 14 nitrogen and oxygen atoms in total. The molecule has 6 amide bonds. The van der Waals surface area contributed by atoms with E-state index in [0.717, 1.165) is 10.5 Å². The Hall–Kier alpha value is -4.82. The lowest BCUT2D eigenvalue weighted by molar-refractivity contribution is -0.133. The van der Waals surface area contributed by atoms with Crippen LogP contribution in [0, 0.1) is 6.92 Å². The molecule has 1 rings (SSSR count). The number of benzene rings is 1. The van der Waals surface area contributed by atoms with Crippen LogP contribution in [0.4, 0.5) is 5.69 Å². The normalized spacial score (nSPS) is 11.1. The fraction of sp³-hybridized carbons (Fsp3) is 0.486. The summed E-state index contributed by atoms with van der Waals surface area (Å²) in [5, 5.41) is 13.5. The first-order valence-electron chi connectivity index (χ1n) is 16.3. The van der Waals surface area contributed by atoms with Crippen molar-refractivity contribution in [1.29, 1.82) is 0 Å². The van der Waals surface area contributed by atoms with Gasteiger partial charge in [-0.1, -0.05) is 52.0 Å². The summed E-state index contributed by atoms with van der Waals surface area (Å²) in [4.78, 5) is 73.0. The van der Waals surface area contributed by atoms with Crippen molar-refractivity contribution in [2.45, 2.75) is 66.3 Å². The minimum Gasteiger partial charge on any atom is -0.382 e. The lowest BCUT2D eigenvalue weighted by atomic mass is 10.0. The van der Waals surface area contributed by atoms with E-state index in [9.17, 15) is 28.8 Å². The second-order valence-electron chi connectivity index (χ2n) is 10.4. The van der Waals surface area contributed by atoms with Crippen molar-refractivity contribution in [3.05, 3.63) is 65.5 Å². The topological polar surface area (TPSA) is 184 Å². The van der Waals surface area contributed by atoms with Gasteiger partial charge in [-0.15, -0.1) is 0 Å². The van der Waals surface area contributed by atoms with Crippen LogP contribution in [0.3, 0.4) is 0 Å². The Balaban J connectivity index is 0.0000113. The lowest BCUT2D eigenvalue weighted by Crippen LogP contribution is -2.48. The van der Waals surface area contributed by atoms with Gasteiger partial charge >= 0.3 is 0 Å². The maximum Gasteiger partial charge on any atom is 0.261 e. The van der Waals surface area contributed by atoms with E-state index in [-0.39, 0.29) is 62.8 Å². The molecule has 14 heteroatoms. The van der Waals surface area contributed by atoms with Crippen LogP contribution in [-0.2, 0) is 33.4 Å². The molecule has 1 unspecified atom stereocenters. The van der Waals surface area contributed by atoms with Gasteiger partial charge in [0.25, 0.3) is 5.91 Å². The molecule has 0 aliphatic rings. The van der Waals surface area contributed by atoms with Gasteiger partial charge in [0, 0.05) is 44.2 Å². The highest BCUT2D eigenvalue weighted by atomic mass is 16.5. The van der Waals surface area contributed by atoms with Crippen LogP contribution in [0.15, 0.2) is 54.4 Å². The van der Waals surface area contributed by atoms with Gasteiger partial charge in [0.15, 0.2) is 0 Å². The first kappa shape index (κ1) is 44.2. The molecule has 0 saturated heterocycles. The minimum absolute atomic E-state index is 0.102. The maximum atomic E-state index is 13.2. The molecule has 1 atom stereocenters. The van der Waals surface area contributed by atoms with Crippen LogP contribution < -0.4 is 26.6 Å². The van der Waals surface area contributed by atoms with Crippen molar-refractivity contribution in [3.63, 3.8) is 0 Å². The van der Waals surface area contributed by atoms with Crippen LogP contribution in [0.1, 0.15) is 69.3 Å². The number of rotatable bonds is 24. The van der Waals surface area contributed by atoms with Gasteiger partial charge in [0.1, 0.15) is 11.9 Å². The molecule has 0 aliphatic heterocycles. The molecular formula is C35H54N6O8. The van der Waals surface area contributed by atoms with Crippen molar-refractivity contribution in [2.75, 3.05) is 51.9 Å². The van der Waals surface area contributed by atoms with Gasteiger partial charge in [0.2, 0.25) is 30.5 Å². The number of anilines is 1. The average molecular weight is 687 g/mol. The Bertz CT molecular complexity index is 1300. The average Bonchev–Trinajstić information content (AvgIpc) is 3.08. The van der Waals surface area contributed by atoms with Gasteiger partial charge < -0.3 is 30.7 Å². The summed E-state index contributed by atoms with van der Waals surface area (Å²) in [5.74, 6) is -1.38. The van der Waals surface area contributed by atoms with E-state index >= 15 is 0 Å². The molecule has 0 heterocycles. The van der Waals surface area contributed by atoms with Crippen LogP contribution in [0.25, 0.3) is 0 Å². The molecule has 0 spiro atoms. The Morgan fingerprint density at radius 1 is 0.959 bits per heavy atom. The molecule has 1 aromatic rings. The number of hydrogen-bond acceptors (Lipinski definition) is 10. The van der Waals surface area contributed by atoms with Crippen molar-refractivity contribution in [1.82, 2.24) is 26.2 Å². The standard InChI is InChI=1S/C33H48N6O8.C2H6/c1-7-9-28(32(44)37-21-40)39(22-41)33(45)26-10-8-11-27(25(26)5)35-15-17-47-19-18-46-16-13-30(42)36-14-12-31(43)38-29(34-6)20-24(4)23(2)3;1-2/h8,10-11,20-22,28,34-35H,2,4,7,9,12-19H2,1,3,5-6H3,(H,36,42)(H,38,43)(H,37,40,44);1-2H3/b29-20+;. The Labute approximate surface area is 290 Å². The van der Waals surface area contributed by atoms with E-state index in [1.54, 1.807) is 45.2 Å². The molecule has 1 aromatic carbocycles. The quantitative estimate of drug-likeness (QED) is 0.0616. The largest absolute Gasteiger partial charge is 0.382 e. The number of imide groups is 2. The van der Waals surface area contributed by atoms with Crippen LogP contribution in [-0.4, -0.2) is 94.0 Å². The third-order valence-electron chi connectivity index (χ3n) is 6.81. The van der Waals surface area contributed by atoms with Crippen molar-refractivity contribution >= 4 is 42.1 Å². The first-order valence-corrected chi connectivity index (χ1v) is 16.3. The first-order chi connectivity index (χ1) is 23.5. The number of hydrogen-bond donors (Lipinski definition) is 5. The number of carbonyl (C=O) groups is 6. The molecular weight excluding hydrogens is 632 g/mol. The zero-order valence-electron chi connectivity index (χ0n) is 29.7. The maximum absolute atomic E-state index is 13.2. The summed E-state index contributed by atoms with van der Waals surface area (Å²) in [7, 11) is 1.67. The van der Waals surface area contributed by atoms with Crippen molar-refractivity contribution in [2.24, 2.45) is 0 Å². The zero-order valence-corrected chi connectivity index (χ0v) is 29.7. The molecule has 5 N–H and O–H groups in total. The number of ether oxygens (including phenoxy) is 2. The molecule has 0 aliphatic carbocycles. The van der Waals surface area contributed by atoms with Gasteiger partial charge in [-0.3, -0.25) is 39.0 Å². The number of nitrogens with one attached hydrogen (secondary N) is 5. The smallest absolute Gasteiger partial charge is 0.261 e. The number of carbonyl (C=O) groups excluding carboxylic acids is 6. The zero-order chi connectivity index (χ0) is 37.2. The van der Waals surface area contributed by atoms with Gasteiger partial charge in [-0.25, -0.2) is 0 Å². The second-order valence-corrected chi connectivity index (χ2v) is 10.4. The molecule has 0 fully saturated rings. The highest BCUT2D eigenvalue weighted by Gasteiger charge is 2.30. The summed E-state index contributed by atoms with van der Waals surface area (Å²) in [6.07, 6.45) is 3.17. The van der Waals surface area contributed by atoms with Crippen LogP contribution >= 0.6 is 0 Å². The molecule has 272 valence electrons. The summed E-state index contributed by atoms with van der Waals surface area (Å²) in [5.41, 5.74) is 2.95. The fourth-order valence-electron chi connectivity index (χ4n) is 4.11. The Morgan fingerprint density at radius 2 is 1.63 bits per heavy atom. The summed E-state index contributed by atoms with van der Waals surface area (Å²) < 4.78 is 11.0. The minimum atomic E-state index is -1.11. The van der Waals surface area contributed by atoms with Gasteiger partial charge in [-0.2, -0.15) is 0 Å². The predicted molar refractivity (Wildman–Crippen MR) is 189 cm³/mol. The Kier molecular flexibility index (Phi) is 23.6. The van der Waals surface area contributed by atoms with Gasteiger partial charge in [-0.05, 0) is 49.6 Å². The third kappa shape index (κ3) is 17.2. The Morgan fingerprint density at radius 3 is 2.22 bits per heavy atom. The molecule has 0 saturated carbocycles. The number of amides is 6. The molecule has 0 radical (unpaired) electrons. The van der Waals surface area contributed by atoms with Gasteiger partial charge in [0.05, 0.1) is 26.4 Å². The predicted octanol–water partition coefficient (Wildman–Crippen LogP) is 2.71. The summed E-state index contributed by atoms with van der Waals surface area (Å²) in [6.45, 7) is 18.7. The van der Waals surface area contributed by atoms with E-state index < -0.39 is 17.9 Å². The number of allylic oxidation sites excluding steroid dienone is 3. The summed E-state index contributed by atoms with van der Waals surface area (Å²) >= 11 is 0. The van der Waals surface area contributed by atoms with Crippen molar-refractivity contribution < 1.29 is 38.2 Å². The van der Waals surface area contributed by atoms with Crippen molar-refractivity contribution in [3.8, 4) is 0 Å². The third-order valence-corrected chi connectivity index (χ3v) is 6.81.